The third kappa shape index (κ3) is 2.91. The van der Waals surface area contributed by atoms with Crippen LogP contribution in [0.1, 0.15) is 37.0 Å². The van der Waals surface area contributed by atoms with Gasteiger partial charge in [-0.05, 0) is 12.1 Å². The molecule has 0 aromatic heterocycles. The zero-order valence-corrected chi connectivity index (χ0v) is 8.95. The second kappa shape index (κ2) is 5.29. The molecular formula is C12H14O3. The summed E-state index contributed by atoms with van der Waals surface area (Å²) in [4.78, 5) is 22.6. The molecule has 0 fully saturated rings. The van der Waals surface area contributed by atoms with Crippen LogP contribution in [-0.4, -0.2) is 11.8 Å². The Morgan fingerprint density at radius 2 is 1.80 bits per heavy atom. The van der Waals surface area contributed by atoms with Crippen LogP contribution in [0, 0.1) is 0 Å². The number of Topliss-reactive ketones (excluding diaryl/α,β-unsaturated/α-hetero) is 1. The van der Waals surface area contributed by atoms with Crippen LogP contribution in [0.5, 0.6) is 5.75 Å². The Morgan fingerprint density at radius 3 is 2.40 bits per heavy atom. The first-order valence-electron chi connectivity index (χ1n) is 5.02. The molecule has 0 unspecified atom stereocenters. The Morgan fingerprint density at radius 1 is 1.13 bits per heavy atom. The van der Waals surface area contributed by atoms with Gasteiger partial charge in [0.1, 0.15) is 5.75 Å². The van der Waals surface area contributed by atoms with Crippen LogP contribution in [-0.2, 0) is 4.79 Å². The van der Waals surface area contributed by atoms with Gasteiger partial charge >= 0.3 is 5.97 Å². The van der Waals surface area contributed by atoms with Crippen LogP contribution in [0.15, 0.2) is 24.3 Å². The Labute approximate surface area is 89.1 Å². The minimum atomic E-state index is -0.327. The van der Waals surface area contributed by atoms with Gasteiger partial charge in [-0.1, -0.05) is 26.0 Å². The quantitative estimate of drug-likeness (QED) is 0.432. The van der Waals surface area contributed by atoms with Gasteiger partial charge in [-0.3, -0.25) is 9.59 Å². The molecule has 0 atom stereocenters. The summed E-state index contributed by atoms with van der Waals surface area (Å²) in [5.74, 6) is 0.0112. The fourth-order valence-electron chi connectivity index (χ4n) is 1.17. The van der Waals surface area contributed by atoms with Crippen LogP contribution in [0.4, 0.5) is 0 Å². The second-order valence-electron chi connectivity index (χ2n) is 3.10. The van der Waals surface area contributed by atoms with E-state index in [1.165, 1.54) is 0 Å². The van der Waals surface area contributed by atoms with E-state index in [-0.39, 0.29) is 11.8 Å². The summed E-state index contributed by atoms with van der Waals surface area (Å²) >= 11 is 0. The Hall–Kier alpha value is -1.64. The predicted octanol–water partition coefficient (Wildman–Crippen LogP) is 2.59. The molecule has 0 saturated heterocycles. The van der Waals surface area contributed by atoms with E-state index < -0.39 is 0 Å². The summed E-state index contributed by atoms with van der Waals surface area (Å²) in [6, 6.07) is 6.80. The number of hydrogen-bond acceptors (Lipinski definition) is 3. The van der Waals surface area contributed by atoms with E-state index in [0.29, 0.717) is 24.2 Å². The van der Waals surface area contributed by atoms with Gasteiger partial charge in [0.25, 0.3) is 0 Å². The fraction of sp³-hybridized carbons (Fsp3) is 0.333. The van der Waals surface area contributed by atoms with E-state index in [1.54, 1.807) is 38.1 Å². The molecule has 15 heavy (non-hydrogen) atoms. The summed E-state index contributed by atoms with van der Waals surface area (Å²) in [5, 5.41) is 0. The number of benzene rings is 1. The van der Waals surface area contributed by atoms with Crippen LogP contribution in [0.25, 0.3) is 0 Å². The third-order valence-electron chi connectivity index (χ3n) is 2.02. The lowest BCUT2D eigenvalue weighted by Gasteiger charge is -2.07. The number of carbonyl (C=O) groups excluding carboxylic acids is 2. The molecule has 0 saturated carbocycles. The maximum absolute atomic E-state index is 11.5. The Kier molecular flexibility index (Phi) is 4.03. The van der Waals surface area contributed by atoms with Gasteiger partial charge in [-0.25, -0.2) is 0 Å². The summed E-state index contributed by atoms with van der Waals surface area (Å²) in [6.45, 7) is 3.49. The van der Waals surface area contributed by atoms with Crippen molar-refractivity contribution in [1.82, 2.24) is 0 Å². The van der Waals surface area contributed by atoms with Crippen molar-refractivity contribution in [2.24, 2.45) is 0 Å². The summed E-state index contributed by atoms with van der Waals surface area (Å²) in [6.07, 6.45) is 0.704. The standard InChI is InChI=1S/C12H14O3/c1-3-10(13)9-7-5-6-8-11(9)15-12(14)4-2/h5-8H,3-4H2,1-2H3. The van der Waals surface area contributed by atoms with Crippen LogP contribution in [0.2, 0.25) is 0 Å². The van der Waals surface area contributed by atoms with Crippen molar-refractivity contribution >= 4 is 11.8 Å². The molecule has 0 heterocycles. The number of carbonyl (C=O) groups is 2. The highest BCUT2D eigenvalue weighted by Crippen LogP contribution is 2.19. The van der Waals surface area contributed by atoms with Gasteiger partial charge in [0.15, 0.2) is 5.78 Å². The largest absolute Gasteiger partial charge is 0.426 e. The number of esters is 1. The predicted molar refractivity (Wildman–Crippen MR) is 57.0 cm³/mol. The van der Waals surface area contributed by atoms with Crippen LogP contribution >= 0.6 is 0 Å². The number of ether oxygens (including phenoxy) is 1. The Balaban J connectivity index is 2.96. The number of ketones is 1. The van der Waals surface area contributed by atoms with E-state index in [9.17, 15) is 9.59 Å². The van der Waals surface area contributed by atoms with Gasteiger partial charge in [-0.15, -0.1) is 0 Å². The van der Waals surface area contributed by atoms with E-state index in [1.807, 2.05) is 0 Å². The molecule has 3 nitrogen and oxygen atoms in total. The number of rotatable bonds is 4. The highest BCUT2D eigenvalue weighted by Gasteiger charge is 2.12. The molecule has 3 heteroatoms. The monoisotopic (exact) mass is 206 g/mol. The average Bonchev–Trinajstić information content (AvgIpc) is 2.28. The SMILES string of the molecule is CCC(=O)Oc1ccccc1C(=O)CC. The molecule has 0 aliphatic rings. The first kappa shape index (κ1) is 11.4. The van der Waals surface area contributed by atoms with Gasteiger partial charge in [0.05, 0.1) is 5.56 Å². The molecule has 0 N–H and O–H groups in total. The van der Waals surface area contributed by atoms with Crippen molar-refractivity contribution in [3.05, 3.63) is 29.8 Å². The zero-order chi connectivity index (χ0) is 11.3. The van der Waals surface area contributed by atoms with E-state index in [2.05, 4.69) is 0 Å². The highest BCUT2D eigenvalue weighted by molar-refractivity contribution is 5.99. The fourth-order valence-corrected chi connectivity index (χ4v) is 1.17. The normalized spacial score (nSPS) is 9.73. The molecule has 1 aromatic carbocycles. The minimum Gasteiger partial charge on any atom is -0.426 e. The summed E-state index contributed by atoms with van der Waals surface area (Å²) in [5.41, 5.74) is 0.474. The van der Waals surface area contributed by atoms with E-state index in [4.69, 9.17) is 4.74 Å². The molecular weight excluding hydrogens is 192 g/mol. The summed E-state index contributed by atoms with van der Waals surface area (Å²) in [7, 11) is 0. The highest BCUT2D eigenvalue weighted by atomic mass is 16.5. The minimum absolute atomic E-state index is 0.0190. The van der Waals surface area contributed by atoms with Crippen molar-refractivity contribution in [3.63, 3.8) is 0 Å². The zero-order valence-electron chi connectivity index (χ0n) is 8.95. The molecule has 1 aromatic rings. The first-order chi connectivity index (χ1) is 7.19. The Bertz CT molecular complexity index is 369. The smallest absolute Gasteiger partial charge is 0.310 e. The van der Waals surface area contributed by atoms with Gasteiger partial charge < -0.3 is 4.74 Å². The lowest BCUT2D eigenvalue weighted by atomic mass is 10.1. The molecule has 1 rings (SSSR count). The number of hydrogen-bond donors (Lipinski definition) is 0. The van der Waals surface area contributed by atoms with Crippen molar-refractivity contribution in [3.8, 4) is 5.75 Å². The molecule has 0 radical (unpaired) electrons. The first-order valence-corrected chi connectivity index (χ1v) is 5.02. The van der Waals surface area contributed by atoms with Crippen molar-refractivity contribution in [2.45, 2.75) is 26.7 Å². The maximum Gasteiger partial charge on any atom is 0.310 e. The van der Waals surface area contributed by atoms with Gasteiger partial charge in [0, 0.05) is 12.8 Å². The molecule has 80 valence electrons. The molecule has 0 aliphatic heterocycles. The summed E-state index contributed by atoms with van der Waals surface area (Å²) < 4.78 is 5.06. The topological polar surface area (TPSA) is 43.4 Å². The molecule has 0 aliphatic carbocycles. The second-order valence-corrected chi connectivity index (χ2v) is 3.10. The van der Waals surface area contributed by atoms with E-state index in [0.717, 1.165) is 0 Å². The van der Waals surface area contributed by atoms with Crippen LogP contribution < -0.4 is 4.74 Å². The van der Waals surface area contributed by atoms with Crippen molar-refractivity contribution in [2.75, 3.05) is 0 Å². The van der Waals surface area contributed by atoms with Gasteiger partial charge in [-0.2, -0.15) is 0 Å². The maximum atomic E-state index is 11.5. The van der Waals surface area contributed by atoms with Gasteiger partial charge in [0.2, 0.25) is 0 Å². The number of para-hydroxylation sites is 1. The molecule has 0 spiro atoms. The van der Waals surface area contributed by atoms with Crippen LogP contribution in [0.3, 0.4) is 0 Å². The molecule has 0 bridgehead atoms. The van der Waals surface area contributed by atoms with Crippen molar-refractivity contribution < 1.29 is 14.3 Å². The molecule has 0 amide bonds. The lowest BCUT2D eigenvalue weighted by Crippen LogP contribution is -2.09. The lowest BCUT2D eigenvalue weighted by molar-refractivity contribution is -0.134. The average molecular weight is 206 g/mol. The van der Waals surface area contributed by atoms with E-state index >= 15 is 0 Å². The third-order valence-corrected chi connectivity index (χ3v) is 2.02. The van der Waals surface area contributed by atoms with Crippen molar-refractivity contribution in [1.29, 1.82) is 0 Å².